The number of nitriles is 1. The van der Waals surface area contributed by atoms with Crippen molar-refractivity contribution in [3.63, 3.8) is 0 Å². The molecule has 3 heterocycles. The fourth-order valence-electron chi connectivity index (χ4n) is 4.22. The smallest absolute Gasteiger partial charge is 0.227 e. The number of Topliss-reactive ketones (excluding diaryl/α,β-unsaturated/α-hetero) is 1. The van der Waals surface area contributed by atoms with Gasteiger partial charge in [-0.25, -0.2) is 9.97 Å². The Morgan fingerprint density at radius 1 is 1.24 bits per heavy atom. The quantitative estimate of drug-likeness (QED) is 0.486. The van der Waals surface area contributed by atoms with Crippen LogP contribution in [0.5, 0.6) is 0 Å². The van der Waals surface area contributed by atoms with Crippen LogP contribution >= 0.6 is 0 Å². The average Bonchev–Trinajstić information content (AvgIpc) is 3.32. The summed E-state index contributed by atoms with van der Waals surface area (Å²) in [6, 6.07) is 10.0. The third-order valence-corrected chi connectivity index (χ3v) is 6.48. The predicted molar refractivity (Wildman–Crippen MR) is 132 cm³/mol. The molecule has 176 valence electrons. The Hall–Kier alpha value is -3.57. The molecule has 8 nitrogen and oxygen atoms in total. The lowest BCUT2D eigenvalue weighted by molar-refractivity contribution is 0.0969. The molecule has 0 aliphatic carbocycles. The van der Waals surface area contributed by atoms with Gasteiger partial charge in [0, 0.05) is 29.9 Å². The molecule has 0 bridgehead atoms. The van der Waals surface area contributed by atoms with E-state index >= 15 is 0 Å². The number of ketones is 1. The minimum absolute atomic E-state index is 0.0108. The van der Waals surface area contributed by atoms with Gasteiger partial charge in [-0.1, -0.05) is 31.2 Å². The van der Waals surface area contributed by atoms with Crippen molar-refractivity contribution < 1.29 is 4.79 Å². The summed E-state index contributed by atoms with van der Waals surface area (Å²) in [4.78, 5) is 24.0. The zero-order valence-electron chi connectivity index (χ0n) is 20.0. The molecule has 1 aliphatic rings. The fourth-order valence-corrected chi connectivity index (χ4v) is 4.22. The maximum absolute atomic E-state index is 12.5. The van der Waals surface area contributed by atoms with Crippen molar-refractivity contribution >= 4 is 17.4 Å². The summed E-state index contributed by atoms with van der Waals surface area (Å²) in [5.41, 5.74) is 4.14. The summed E-state index contributed by atoms with van der Waals surface area (Å²) in [5.74, 6) is 0.251. The number of benzene rings is 1. The van der Waals surface area contributed by atoms with Crippen LogP contribution in [-0.4, -0.2) is 50.6 Å². The third kappa shape index (κ3) is 5.49. The highest BCUT2D eigenvalue weighted by molar-refractivity contribution is 5.96. The number of nitrogens with one attached hydrogen (secondary N) is 1. The summed E-state index contributed by atoms with van der Waals surface area (Å²) >= 11 is 0. The number of anilines is 2. The van der Waals surface area contributed by atoms with E-state index in [1.807, 2.05) is 55.2 Å². The minimum atomic E-state index is -0.242. The SMILES string of the molecule is CC[C@@H](C#N)CC(=O)c1ccc(-c2nc(Nc3cnn(C4CCN(C)CC4)c3)ncc2C)cc1. The molecule has 1 aliphatic heterocycles. The summed E-state index contributed by atoms with van der Waals surface area (Å²) in [6.07, 6.45) is 8.74. The Kier molecular flexibility index (Phi) is 7.33. The number of aryl methyl sites for hydroxylation is 1. The summed E-state index contributed by atoms with van der Waals surface area (Å²) in [6.45, 7) is 6.06. The minimum Gasteiger partial charge on any atom is -0.321 e. The topological polar surface area (TPSA) is 99.7 Å². The van der Waals surface area contributed by atoms with E-state index in [0.29, 0.717) is 24.0 Å². The first-order valence-corrected chi connectivity index (χ1v) is 11.8. The molecule has 1 fully saturated rings. The Morgan fingerprint density at radius 3 is 2.65 bits per heavy atom. The summed E-state index contributed by atoms with van der Waals surface area (Å²) < 4.78 is 2.04. The van der Waals surface area contributed by atoms with E-state index in [1.165, 1.54) is 0 Å². The van der Waals surface area contributed by atoms with E-state index in [2.05, 4.69) is 33.4 Å². The molecule has 8 heteroatoms. The molecular formula is C26H31N7O. The van der Waals surface area contributed by atoms with Crippen LogP contribution in [0, 0.1) is 24.2 Å². The van der Waals surface area contributed by atoms with Gasteiger partial charge in [-0.05, 0) is 51.9 Å². The maximum atomic E-state index is 12.5. The summed E-state index contributed by atoms with van der Waals surface area (Å²) in [7, 11) is 2.15. The zero-order valence-corrected chi connectivity index (χ0v) is 20.0. The molecule has 34 heavy (non-hydrogen) atoms. The van der Waals surface area contributed by atoms with Crippen molar-refractivity contribution in [2.45, 2.75) is 45.6 Å². The number of aromatic nitrogens is 4. The predicted octanol–water partition coefficient (Wildman–Crippen LogP) is 4.78. The molecule has 4 rings (SSSR count). The Bertz CT molecular complexity index is 1170. The van der Waals surface area contributed by atoms with E-state index < -0.39 is 0 Å². The number of carbonyl (C=O) groups excluding carboxylic acids is 1. The van der Waals surface area contributed by atoms with Gasteiger partial charge in [0.25, 0.3) is 0 Å². The Morgan fingerprint density at radius 2 is 1.97 bits per heavy atom. The number of likely N-dealkylation sites (tertiary alicyclic amines) is 1. The van der Waals surface area contributed by atoms with Crippen LogP contribution in [0.15, 0.2) is 42.9 Å². The van der Waals surface area contributed by atoms with Crippen LogP contribution in [0.2, 0.25) is 0 Å². The number of rotatable bonds is 8. The van der Waals surface area contributed by atoms with Crippen LogP contribution in [0.4, 0.5) is 11.6 Å². The summed E-state index contributed by atoms with van der Waals surface area (Å²) in [5, 5.41) is 16.9. The molecule has 1 atom stereocenters. The second kappa shape index (κ2) is 10.6. The molecule has 0 unspecified atom stereocenters. The second-order valence-electron chi connectivity index (χ2n) is 9.03. The van der Waals surface area contributed by atoms with E-state index in [-0.39, 0.29) is 18.1 Å². The van der Waals surface area contributed by atoms with Crippen molar-refractivity contribution in [3.8, 4) is 17.3 Å². The van der Waals surface area contributed by atoms with Gasteiger partial charge in [-0.3, -0.25) is 9.48 Å². The monoisotopic (exact) mass is 457 g/mol. The van der Waals surface area contributed by atoms with Gasteiger partial charge in [0.05, 0.1) is 35.6 Å². The molecule has 1 N–H and O–H groups in total. The number of hydrogen-bond acceptors (Lipinski definition) is 7. The second-order valence-corrected chi connectivity index (χ2v) is 9.03. The lowest BCUT2D eigenvalue weighted by Gasteiger charge is -2.28. The molecule has 0 saturated carbocycles. The number of piperidine rings is 1. The zero-order chi connectivity index (χ0) is 24.1. The first kappa shape index (κ1) is 23.6. The van der Waals surface area contributed by atoms with Gasteiger partial charge in [-0.15, -0.1) is 0 Å². The van der Waals surface area contributed by atoms with Crippen molar-refractivity contribution in [1.82, 2.24) is 24.6 Å². The van der Waals surface area contributed by atoms with Crippen molar-refractivity contribution in [2.75, 3.05) is 25.5 Å². The molecule has 0 spiro atoms. The highest BCUT2D eigenvalue weighted by Crippen LogP contribution is 2.26. The van der Waals surface area contributed by atoms with Gasteiger partial charge >= 0.3 is 0 Å². The van der Waals surface area contributed by atoms with Crippen molar-refractivity contribution in [2.24, 2.45) is 5.92 Å². The first-order chi connectivity index (χ1) is 16.5. The largest absolute Gasteiger partial charge is 0.321 e. The number of hydrogen-bond donors (Lipinski definition) is 1. The van der Waals surface area contributed by atoms with Crippen LogP contribution in [0.25, 0.3) is 11.3 Å². The Balaban J connectivity index is 1.46. The van der Waals surface area contributed by atoms with E-state index in [0.717, 1.165) is 48.4 Å². The van der Waals surface area contributed by atoms with E-state index in [4.69, 9.17) is 10.2 Å². The highest BCUT2D eigenvalue weighted by Gasteiger charge is 2.19. The molecule has 0 amide bonds. The molecule has 1 aromatic carbocycles. The lowest BCUT2D eigenvalue weighted by Crippen LogP contribution is -2.31. The normalized spacial score (nSPS) is 15.6. The average molecular weight is 458 g/mol. The highest BCUT2D eigenvalue weighted by atomic mass is 16.1. The molecular weight excluding hydrogens is 426 g/mol. The van der Waals surface area contributed by atoms with Crippen LogP contribution < -0.4 is 5.32 Å². The van der Waals surface area contributed by atoms with E-state index in [1.54, 1.807) is 6.20 Å². The maximum Gasteiger partial charge on any atom is 0.227 e. The van der Waals surface area contributed by atoms with Gasteiger partial charge in [-0.2, -0.15) is 10.4 Å². The molecule has 2 aromatic heterocycles. The standard InChI is InChI=1S/C26H31N7O/c1-4-19(14-27)13-24(34)20-5-7-21(8-6-20)25-18(2)15-28-26(31-25)30-22-16-29-33(17-22)23-9-11-32(3)12-10-23/h5-8,15-17,19,23H,4,9-13H2,1-3H3,(H,28,30,31)/t19-/m1/s1. The first-order valence-electron chi connectivity index (χ1n) is 11.8. The van der Waals surface area contributed by atoms with Gasteiger partial charge in [0.15, 0.2) is 5.78 Å². The van der Waals surface area contributed by atoms with Gasteiger partial charge in [0.1, 0.15) is 0 Å². The number of nitrogens with zero attached hydrogens (tertiary/aromatic N) is 6. The molecule has 0 radical (unpaired) electrons. The molecule has 1 saturated heterocycles. The van der Waals surface area contributed by atoms with Crippen molar-refractivity contribution in [1.29, 1.82) is 5.26 Å². The Labute approximate surface area is 200 Å². The number of carbonyl (C=O) groups is 1. The fraction of sp³-hybridized carbons (Fsp3) is 0.423. The van der Waals surface area contributed by atoms with Crippen LogP contribution in [0.3, 0.4) is 0 Å². The van der Waals surface area contributed by atoms with E-state index in [9.17, 15) is 4.79 Å². The third-order valence-electron chi connectivity index (χ3n) is 6.48. The van der Waals surface area contributed by atoms with Crippen LogP contribution in [0.1, 0.15) is 54.6 Å². The van der Waals surface area contributed by atoms with Crippen molar-refractivity contribution in [3.05, 3.63) is 54.0 Å². The van der Waals surface area contributed by atoms with Gasteiger partial charge in [0.2, 0.25) is 5.95 Å². The lowest BCUT2D eigenvalue weighted by atomic mass is 9.96. The van der Waals surface area contributed by atoms with Crippen LogP contribution in [-0.2, 0) is 0 Å². The van der Waals surface area contributed by atoms with Gasteiger partial charge < -0.3 is 10.2 Å². The molecule has 3 aromatic rings.